The van der Waals surface area contributed by atoms with Crippen LogP contribution in [0.4, 0.5) is 0 Å². The maximum atomic E-state index is 10.7. The van der Waals surface area contributed by atoms with E-state index in [0.29, 0.717) is 19.6 Å². The Hall–Kier alpha value is -0.690. The highest BCUT2D eigenvalue weighted by Gasteiger charge is 2.17. The number of carbonyl (C=O) groups is 1. The minimum absolute atomic E-state index is 0.0599. The Morgan fingerprint density at radius 1 is 0.833 bits per heavy atom. The molecule has 0 radical (unpaired) electrons. The third-order valence-corrected chi connectivity index (χ3v) is 5.37. The highest BCUT2D eigenvalue weighted by atomic mass is 17.1. The van der Waals surface area contributed by atoms with E-state index in [2.05, 4.69) is 11.8 Å². The minimum Gasteiger partial charge on any atom is -0.394 e. The highest BCUT2D eigenvalue weighted by molar-refractivity contribution is 5.68. The molecule has 0 spiro atoms. The molecule has 2 N–H and O–H groups in total. The number of hydrogen-bond acceptors (Lipinski definition) is 6. The van der Waals surface area contributed by atoms with Gasteiger partial charge in [-0.05, 0) is 13.3 Å². The summed E-state index contributed by atoms with van der Waals surface area (Å²) in [7, 11) is 0. The van der Waals surface area contributed by atoms with Crippen LogP contribution in [0.2, 0.25) is 0 Å². The molecule has 0 aromatic carbocycles. The van der Waals surface area contributed by atoms with E-state index in [4.69, 9.17) is 19.8 Å². The van der Waals surface area contributed by atoms with Crippen molar-refractivity contribution in [3.05, 3.63) is 0 Å². The maximum absolute atomic E-state index is 10.7. The summed E-state index contributed by atoms with van der Waals surface area (Å²) in [6, 6.07) is 0. The fourth-order valence-electron chi connectivity index (χ4n) is 3.55. The molecule has 0 saturated carbocycles. The summed E-state index contributed by atoms with van der Waals surface area (Å²) in [5.41, 5.74) is 0. The standard InChI is InChI=1S/C18H36O3.C6H12O3/c1-2-3-4-5-6-7-8-9-10-11-12-13-14-15-16-17-18(19)21-20;1-5-3-8-4-6(2-7)9-5/h20H,2-17H2,1H3;5-7H,2-4H2,1H3. The molecule has 0 aliphatic carbocycles. The van der Waals surface area contributed by atoms with Gasteiger partial charge in [0.1, 0.15) is 6.10 Å². The average Bonchev–Trinajstić information content (AvgIpc) is 2.76. The van der Waals surface area contributed by atoms with Gasteiger partial charge in [-0.25, -0.2) is 4.79 Å². The molecule has 0 aromatic heterocycles. The third-order valence-electron chi connectivity index (χ3n) is 5.37. The Labute approximate surface area is 184 Å². The number of aliphatic hydroxyl groups is 1. The normalized spacial score (nSPS) is 18.5. The Bertz CT molecular complexity index is 364. The lowest BCUT2D eigenvalue weighted by Gasteiger charge is -2.26. The van der Waals surface area contributed by atoms with Gasteiger partial charge in [0.05, 0.1) is 25.9 Å². The van der Waals surface area contributed by atoms with Crippen LogP contribution in [-0.2, 0) is 19.2 Å². The van der Waals surface area contributed by atoms with Crippen LogP contribution in [0, 0.1) is 0 Å². The number of aliphatic hydroxyl groups excluding tert-OH is 1. The first-order valence-electron chi connectivity index (χ1n) is 12.3. The van der Waals surface area contributed by atoms with Crippen molar-refractivity contribution in [3.63, 3.8) is 0 Å². The highest BCUT2D eigenvalue weighted by Crippen LogP contribution is 2.13. The molecule has 1 aliphatic heterocycles. The molecule has 1 fully saturated rings. The molecule has 1 rings (SSSR count). The second-order valence-corrected chi connectivity index (χ2v) is 8.45. The van der Waals surface area contributed by atoms with Gasteiger partial charge in [-0.2, -0.15) is 5.26 Å². The van der Waals surface area contributed by atoms with E-state index in [1.807, 2.05) is 6.92 Å². The maximum Gasteiger partial charge on any atom is 0.342 e. The molecular formula is C24H48O6. The molecule has 30 heavy (non-hydrogen) atoms. The molecule has 2 unspecified atom stereocenters. The van der Waals surface area contributed by atoms with Crippen LogP contribution in [-0.4, -0.2) is 48.4 Å². The Morgan fingerprint density at radius 3 is 1.67 bits per heavy atom. The summed E-state index contributed by atoms with van der Waals surface area (Å²) in [5.74, 6) is -0.510. The van der Waals surface area contributed by atoms with E-state index in [0.717, 1.165) is 12.8 Å². The summed E-state index contributed by atoms with van der Waals surface area (Å²) in [5, 5.41) is 16.7. The lowest BCUT2D eigenvalue weighted by molar-refractivity contribution is -0.234. The van der Waals surface area contributed by atoms with Crippen LogP contribution in [0.15, 0.2) is 0 Å². The third kappa shape index (κ3) is 20.6. The second-order valence-electron chi connectivity index (χ2n) is 8.45. The fraction of sp³-hybridized carbons (Fsp3) is 0.958. The largest absolute Gasteiger partial charge is 0.394 e. The molecule has 180 valence electrons. The predicted molar refractivity (Wildman–Crippen MR) is 121 cm³/mol. The van der Waals surface area contributed by atoms with Crippen molar-refractivity contribution in [2.45, 2.75) is 129 Å². The van der Waals surface area contributed by atoms with Gasteiger partial charge in [-0.3, -0.25) is 0 Å². The van der Waals surface area contributed by atoms with Gasteiger partial charge in [0.25, 0.3) is 0 Å². The van der Waals surface area contributed by atoms with E-state index >= 15 is 0 Å². The zero-order chi connectivity index (χ0) is 22.3. The molecule has 6 nitrogen and oxygen atoms in total. The molecule has 0 bridgehead atoms. The van der Waals surface area contributed by atoms with Crippen molar-refractivity contribution in [1.82, 2.24) is 0 Å². The quantitative estimate of drug-likeness (QED) is 0.165. The van der Waals surface area contributed by atoms with Crippen molar-refractivity contribution in [2.75, 3.05) is 19.8 Å². The SMILES string of the molecule is CC1COCC(CO)O1.CCCCCCCCCCCCCCCCCC(=O)OO. The van der Waals surface area contributed by atoms with E-state index < -0.39 is 5.97 Å². The number of rotatable bonds is 17. The Morgan fingerprint density at radius 2 is 1.30 bits per heavy atom. The van der Waals surface area contributed by atoms with Crippen molar-refractivity contribution >= 4 is 5.97 Å². The zero-order valence-electron chi connectivity index (χ0n) is 19.6. The lowest BCUT2D eigenvalue weighted by atomic mass is 10.0. The van der Waals surface area contributed by atoms with E-state index in [9.17, 15) is 4.79 Å². The molecule has 2 atom stereocenters. The molecule has 1 saturated heterocycles. The van der Waals surface area contributed by atoms with Crippen molar-refractivity contribution in [3.8, 4) is 0 Å². The minimum atomic E-state index is -0.510. The average molecular weight is 433 g/mol. The van der Waals surface area contributed by atoms with Gasteiger partial charge in [0.15, 0.2) is 0 Å². The van der Waals surface area contributed by atoms with Crippen molar-refractivity contribution in [2.24, 2.45) is 0 Å². The van der Waals surface area contributed by atoms with Crippen LogP contribution in [0.5, 0.6) is 0 Å². The molecule has 6 heteroatoms. The lowest BCUT2D eigenvalue weighted by Crippen LogP contribution is -2.36. The molecule has 1 heterocycles. The molecule has 0 amide bonds. The van der Waals surface area contributed by atoms with Crippen LogP contribution in [0.3, 0.4) is 0 Å². The number of hydrogen-bond donors (Lipinski definition) is 2. The summed E-state index contributed by atoms with van der Waals surface area (Å²) in [6.07, 6.45) is 20.0. The first kappa shape index (κ1) is 29.3. The first-order valence-corrected chi connectivity index (χ1v) is 12.3. The van der Waals surface area contributed by atoms with Gasteiger partial charge in [-0.1, -0.05) is 96.8 Å². The predicted octanol–water partition coefficient (Wildman–Crippen LogP) is 6.05. The monoisotopic (exact) mass is 432 g/mol. The smallest absolute Gasteiger partial charge is 0.342 e. The van der Waals surface area contributed by atoms with Crippen LogP contribution < -0.4 is 0 Å². The number of ether oxygens (including phenoxy) is 2. The van der Waals surface area contributed by atoms with Gasteiger partial charge in [0, 0.05) is 6.42 Å². The number of carbonyl (C=O) groups excluding carboxylic acids is 1. The van der Waals surface area contributed by atoms with Gasteiger partial charge in [-0.15, -0.1) is 0 Å². The van der Waals surface area contributed by atoms with Crippen molar-refractivity contribution in [1.29, 1.82) is 0 Å². The summed E-state index contributed by atoms with van der Waals surface area (Å²) < 4.78 is 10.4. The Balaban J connectivity index is 0.000000769. The van der Waals surface area contributed by atoms with Crippen LogP contribution >= 0.6 is 0 Å². The second kappa shape index (κ2) is 23.0. The topological polar surface area (TPSA) is 85.2 Å². The van der Waals surface area contributed by atoms with Gasteiger partial charge >= 0.3 is 5.97 Å². The van der Waals surface area contributed by atoms with Crippen molar-refractivity contribution < 1.29 is 29.5 Å². The first-order chi connectivity index (χ1) is 14.6. The van der Waals surface area contributed by atoms with Crippen LogP contribution in [0.25, 0.3) is 0 Å². The number of unbranched alkanes of at least 4 members (excludes halogenated alkanes) is 14. The van der Waals surface area contributed by atoms with Crippen LogP contribution in [0.1, 0.15) is 117 Å². The molecular weight excluding hydrogens is 384 g/mol. The molecule has 0 aromatic rings. The summed E-state index contributed by atoms with van der Waals surface area (Å²) in [6.45, 7) is 5.44. The fourth-order valence-corrected chi connectivity index (χ4v) is 3.55. The summed E-state index contributed by atoms with van der Waals surface area (Å²) >= 11 is 0. The summed E-state index contributed by atoms with van der Waals surface area (Å²) in [4.78, 5) is 14.3. The van der Waals surface area contributed by atoms with E-state index in [-0.39, 0.29) is 18.8 Å². The zero-order valence-corrected chi connectivity index (χ0v) is 19.6. The van der Waals surface area contributed by atoms with E-state index in [1.54, 1.807) is 0 Å². The Kier molecular flexibility index (Phi) is 22.5. The van der Waals surface area contributed by atoms with E-state index in [1.165, 1.54) is 83.5 Å². The van der Waals surface area contributed by atoms with Gasteiger partial charge < -0.3 is 19.5 Å². The van der Waals surface area contributed by atoms with Gasteiger partial charge in [0.2, 0.25) is 0 Å². The molecule has 1 aliphatic rings.